The first-order chi connectivity index (χ1) is 30.5. The van der Waals surface area contributed by atoms with Crippen LogP contribution in [0.25, 0.3) is 43.9 Å². The number of nitrogen functional groups attached to an aromatic ring is 3. The number of nitrogens with zero attached hydrogens (tertiary/aromatic N) is 8. The number of pyridine rings is 2. The third-order valence-electron chi connectivity index (χ3n) is 11.5. The van der Waals surface area contributed by atoms with Crippen LogP contribution < -0.4 is 26.7 Å². The average Bonchev–Trinajstić information content (AvgIpc) is 4.00. The summed E-state index contributed by atoms with van der Waals surface area (Å²) in [7, 11) is 0. The molecule has 0 unspecified atom stereocenters. The SMILES string of the molecule is C[C@@]1(O)[C@@H](COc2ccc3cc(Br)c(N)nc3c2)O[C@@H](n2ccc3c(Cl)ncnc32)[C@@H]1O.C[C@@]1(O)[C@@H](COc2ccc3cc(Br)c(N)nc3c2)O[C@@H](n2ccc3c(N)ncnc32)[C@@H]1O. The van der Waals surface area contributed by atoms with Gasteiger partial charge in [-0.15, -0.1) is 0 Å². The lowest BCUT2D eigenvalue weighted by Crippen LogP contribution is -2.47. The Labute approximate surface area is 385 Å². The zero-order chi connectivity index (χ0) is 45.2. The van der Waals surface area contributed by atoms with E-state index in [1.54, 1.807) is 57.9 Å². The second-order valence-corrected chi connectivity index (χ2v) is 17.8. The predicted molar refractivity (Wildman–Crippen MR) is 244 cm³/mol. The molecule has 10 rings (SSSR count). The van der Waals surface area contributed by atoms with Crippen LogP contribution in [0, 0.1) is 0 Å². The highest BCUT2D eigenvalue weighted by Crippen LogP contribution is 2.41. The van der Waals surface area contributed by atoms with Gasteiger partial charge >= 0.3 is 0 Å². The van der Waals surface area contributed by atoms with Gasteiger partial charge in [0, 0.05) is 35.3 Å². The van der Waals surface area contributed by atoms with Gasteiger partial charge in [-0.2, -0.15) is 0 Å². The Hall–Kier alpha value is -5.49. The van der Waals surface area contributed by atoms with Crippen LogP contribution in [0.5, 0.6) is 11.5 Å². The van der Waals surface area contributed by atoms with Crippen molar-refractivity contribution in [2.75, 3.05) is 30.4 Å². The number of halogens is 3. The van der Waals surface area contributed by atoms with Gasteiger partial charge in [0.1, 0.15) is 107 Å². The monoisotopic (exact) mass is 1020 g/mol. The van der Waals surface area contributed by atoms with Crippen LogP contribution in [0.4, 0.5) is 17.5 Å². The highest BCUT2D eigenvalue weighted by Gasteiger charge is 2.54. The second kappa shape index (κ2) is 16.8. The first kappa shape index (κ1) is 43.7. The second-order valence-electron chi connectivity index (χ2n) is 15.8. The minimum atomic E-state index is -1.57. The minimum Gasteiger partial charge on any atom is -0.491 e. The third-order valence-corrected chi connectivity index (χ3v) is 13.1. The van der Waals surface area contributed by atoms with E-state index in [0.29, 0.717) is 67.2 Å². The van der Waals surface area contributed by atoms with Crippen LogP contribution >= 0.6 is 43.5 Å². The number of ether oxygens (including phenoxy) is 4. The molecule has 0 radical (unpaired) electrons. The fourth-order valence-corrected chi connectivity index (χ4v) is 8.57. The number of aliphatic hydroxyl groups excluding tert-OH is 2. The summed E-state index contributed by atoms with van der Waals surface area (Å²) >= 11 is 12.9. The Kier molecular flexibility index (Phi) is 11.5. The van der Waals surface area contributed by atoms with Gasteiger partial charge in [0.2, 0.25) is 0 Å². The molecule has 22 heteroatoms. The van der Waals surface area contributed by atoms with Gasteiger partial charge in [-0.05, 0) is 94.2 Å². The van der Waals surface area contributed by atoms with E-state index in [0.717, 1.165) is 19.7 Å². The molecule has 8 heterocycles. The van der Waals surface area contributed by atoms with Gasteiger partial charge in [0.05, 0.1) is 30.8 Å². The molecular weight excluding hydrogens is 982 g/mol. The number of nitrogens with two attached hydrogens (primary N) is 3. The maximum Gasteiger partial charge on any atom is 0.164 e. The largest absolute Gasteiger partial charge is 0.491 e. The van der Waals surface area contributed by atoms with Crippen LogP contribution in [0.15, 0.2) is 94.7 Å². The van der Waals surface area contributed by atoms with Gasteiger partial charge in [0.15, 0.2) is 12.5 Å². The van der Waals surface area contributed by atoms with Gasteiger partial charge in [-0.1, -0.05) is 11.6 Å². The van der Waals surface area contributed by atoms with Gasteiger partial charge < -0.3 is 65.7 Å². The number of anilines is 3. The van der Waals surface area contributed by atoms with Gasteiger partial charge in [-0.25, -0.2) is 29.9 Å². The third kappa shape index (κ3) is 7.90. The number of hydrogen-bond donors (Lipinski definition) is 7. The Morgan fingerprint density at radius 1 is 0.656 bits per heavy atom. The summed E-state index contributed by atoms with van der Waals surface area (Å²) in [6, 6.07) is 18.1. The highest BCUT2D eigenvalue weighted by molar-refractivity contribution is 9.11. The molecule has 0 bridgehead atoms. The Morgan fingerprint density at radius 2 is 1.11 bits per heavy atom. The molecule has 0 aliphatic carbocycles. The fraction of sp³-hybridized carbons (Fsp3) is 0.286. The van der Waals surface area contributed by atoms with Crippen molar-refractivity contribution in [3.05, 3.63) is 99.8 Å². The maximum atomic E-state index is 11.0. The lowest BCUT2D eigenvalue weighted by Gasteiger charge is -2.26. The molecule has 2 aliphatic rings. The number of rotatable bonds is 8. The highest BCUT2D eigenvalue weighted by atomic mass is 79.9. The maximum absolute atomic E-state index is 11.0. The number of fused-ring (bicyclic) bond motifs is 4. The molecule has 0 saturated carbocycles. The number of aliphatic hydroxyl groups is 4. The molecule has 64 heavy (non-hydrogen) atoms. The van der Waals surface area contributed by atoms with E-state index in [4.69, 9.17) is 47.7 Å². The van der Waals surface area contributed by atoms with Crippen LogP contribution in [0.2, 0.25) is 5.15 Å². The van der Waals surface area contributed by atoms with Crippen molar-refractivity contribution in [2.24, 2.45) is 0 Å². The number of hydrogen-bond acceptors (Lipinski definition) is 17. The summed E-state index contributed by atoms with van der Waals surface area (Å²) in [5, 5.41) is 47.0. The normalized spacial score (nSPS) is 25.6. The zero-order valence-electron chi connectivity index (χ0n) is 33.8. The minimum absolute atomic E-state index is 0.00696. The first-order valence-electron chi connectivity index (χ1n) is 19.6. The molecule has 2 saturated heterocycles. The standard InChI is InChI=1S/C21H19BrClN5O4.C21H21BrN6O4/c2*1-21(30)15(8-31-11-3-2-10-6-13(22)18(24)27-14(10)7-11)32-20(16(21)29)28-5-4-12-17(23)25-9-26-19(12)28/h2-7,9,15-16,20,29-30H,8H2,1H3,(H2,24,27);2-7,9,15-16,20,29-30H,8H2,1H3,(H2,24,27)(H2,23,25,26)/t2*15-,16+,20-,21-/m11/s1. The number of benzene rings is 2. The lowest BCUT2D eigenvalue weighted by atomic mass is 9.95. The van der Waals surface area contributed by atoms with Crippen LogP contribution in [0.3, 0.4) is 0 Å². The summed E-state index contributed by atoms with van der Waals surface area (Å²) in [4.78, 5) is 25.1. The van der Waals surface area contributed by atoms with Gasteiger partial charge in [0.25, 0.3) is 0 Å². The molecule has 2 aliphatic heterocycles. The van der Waals surface area contributed by atoms with Crippen molar-refractivity contribution in [3.63, 3.8) is 0 Å². The van der Waals surface area contributed by atoms with E-state index in [-0.39, 0.29) is 13.2 Å². The van der Waals surface area contributed by atoms with E-state index < -0.39 is 48.1 Å². The van der Waals surface area contributed by atoms with E-state index in [1.165, 1.54) is 26.5 Å². The molecular formula is C42H40Br2ClN11O8. The molecule has 0 spiro atoms. The Balaban J connectivity index is 0.000000162. The Bertz CT molecular complexity index is 2860. The molecule has 6 aromatic heterocycles. The van der Waals surface area contributed by atoms with Crippen molar-refractivity contribution in [1.82, 2.24) is 39.0 Å². The van der Waals surface area contributed by atoms with Crippen molar-refractivity contribution in [2.45, 2.75) is 61.9 Å². The van der Waals surface area contributed by atoms with Crippen LogP contribution in [-0.2, 0) is 9.47 Å². The smallest absolute Gasteiger partial charge is 0.164 e. The van der Waals surface area contributed by atoms with Crippen molar-refractivity contribution in [3.8, 4) is 11.5 Å². The fourth-order valence-electron chi connectivity index (χ4n) is 7.71. The van der Waals surface area contributed by atoms with Crippen molar-refractivity contribution in [1.29, 1.82) is 0 Å². The summed E-state index contributed by atoms with van der Waals surface area (Å²) in [6.45, 7) is 3.04. The van der Waals surface area contributed by atoms with E-state index in [2.05, 4.69) is 61.8 Å². The summed E-state index contributed by atoms with van der Waals surface area (Å²) < 4.78 is 28.5. The summed E-state index contributed by atoms with van der Waals surface area (Å²) in [5.74, 6) is 2.16. The molecule has 10 N–H and O–H groups in total. The van der Waals surface area contributed by atoms with Crippen molar-refractivity contribution >= 4 is 105 Å². The Morgan fingerprint density at radius 3 is 1.61 bits per heavy atom. The van der Waals surface area contributed by atoms with Crippen molar-refractivity contribution < 1.29 is 39.4 Å². The molecule has 8 atom stereocenters. The molecule has 332 valence electrons. The van der Waals surface area contributed by atoms with E-state index in [1.807, 2.05) is 24.3 Å². The topological polar surface area (TPSA) is 283 Å². The predicted octanol–water partition coefficient (Wildman–Crippen LogP) is 5.06. The van der Waals surface area contributed by atoms with Crippen LogP contribution in [-0.4, -0.2) is 108 Å². The number of aromatic nitrogens is 8. The first-order valence-corrected chi connectivity index (χ1v) is 21.6. The van der Waals surface area contributed by atoms with Crippen LogP contribution in [0.1, 0.15) is 26.3 Å². The molecule has 19 nitrogen and oxygen atoms in total. The van der Waals surface area contributed by atoms with E-state index >= 15 is 0 Å². The van der Waals surface area contributed by atoms with Gasteiger partial charge in [-0.3, -0.25) is 0 Å². The quantitative estimate of drug-likeness (QED) is 0.0980. The zero-order valence-corrected chi connectivity index (χ0v) is 37.8. The molecule has 2 fully saturated rings. The summed E-state index contributed by atoms with van der Waals surface area (Å²) in [5.41, 5.74) is 16.9. The average molecular weight is 1020 g/mol. The lowest BCUT2D eigenvalue weighted by molar-refractivity contribution is -0.0765. The molecule has 8 aromatic rings. The summed E-state index contributed by atoms with van der Waals surface area (Å²) in [6.07, 6.45) is 0.241. The van der Waals surface area contributed by atoms with E-state index in [9.17, 15) is 20.4 Å². The molecule has 2 aromatic carbocycles. The molecule has 0 amide bonds.